The molecule has 2 saturated carbocycles. The Bertz CT molecular complexity index is 986. The van der Waals surface area contributed by atoms with Crippen LogP contribution in [-0.4, -0.2) is 42.9 Å². The second kappa shape index (κ2) is 8.43. The van der Waals surface area contributed by atoms with E-state index >= 15 is 0 Å². The summed E-state index contributed by atoms with van der Waals surface area (Å²) in [5, 5.41) is 0. The van der Waals surface area contributed by atoms with E-state index in [2.05, 4.69) is 17.9 Å². The first-order valence-corrected chi connectivity index (χ1v) is 13.6. The molecule has 0 N–H and O–H groups in total. The van der Waals surface area contributed by atoms with Crippen molar-refractivity contribution >= 4 is 11.7 Å². The van der Waals surface area contributed by atoms with Crippen LogP contribution in [0.3, 0.4) is 0 Å². The molecule has 3 unspecified atom stereocenters. The summed E-state index contributed by atoms with van der Waals surface area (Å²) >= 11 is 0. The first kappa shape index (κ1) is 22.7. The van der Waals surface area contributed by atoms with Gasteiger partial charge in [-0.05, 0) is 97.6 Å². The van der Waals surface area contributed by atoms with E-state index in [9.17, 15) is 14.0 Å². The second-order valence-corrected chi connectivity index (χ2v) is 12.2. The highest BCUT2D eigenvalue weighted by atomic mass is 19.1. The van der Waals surface area contributed by atoms with Gasteiger partial charge in [-0.2, -0.15) is 0 Å². The van der Waals surface area contributed by atoms with Crippen molar-refractivity contribution < 1.29 is 18.7 Å². The van der Waals surface area contributed by atoms with Crippen LogP contribution in [0.5, 0.6) is 0 Å². The zero-order valence-corrected chi connectivity index (χ0v) is 20.5. The van der Waals surface area contributed by atoms with Gasteiger partial charge in [0.05, 0.1) is 0 Å². The third-order valence-electron chi connectivity index (χ3n) is 10.6. The summed E-state index contributed by atoms with van der Waals surface area (Å²) in [6.07, 6.45) is 8.84. The van der Waals surface area contributed by atoms with Crippen LogP contribution in [-0.2, 0) is 20.7 Å². The average Bonchev–Trinajstić information content (AvgIpc) is 3.36. The monoisotopic (exact) mass is 467 g/mol. The molecule has 0 bridgehead atoms. The molecule has 4 nitrogen and oxygen atoms in total. The summed E-state index contributed by atoms with van der Waals surface area (Å²) in [6.45, 7) is 5.59. The number of likely N-dealkylation sites (tertiary alicyclic amines) is 1. The SMILES string of the molecule is C[C@]12CCC3c4cccc(F)c4CCC3C1[C@H](CCC(=O)N1CCC3(CCOCC3)C1)CC2=O. The van der Waals surface area contributed by atoms with Gasteiger partial charge in [-0.1, -0.05) is 19.1 Å². The lowest BCUT2D eigenvalue weighted by Gasteiger charge is -2.50. The van der Waals surface area contributed by atoms with Crippen LogP contribution in [0.25, 0.3) is 0 Å². The minimum Gasteiger partial charge on any atom is -0.381 e. The van der Waals surface area contributed by atoms with Crippen LogP contribution >= 0.6 is 0 Å². The fourth-order valence-electron chi connectivity index (χ4n) is 8.73. The molecule has 1 spiro atoms. The van der Waals surface area contributed by atoms with E-state index < -0.39 is 0 Å². The molecule has 5 atom stereocenters. The first-order chi connectivity index (χ1) is 16.4. The molecule has 2 saturated heterocycles. The van der Waals surface area contributed by atoms with Crippen LogP contribution < -0.4 is 0 Å². The summed E-state index contributed by atoms with van der Waals surface area (Å²) in [7, 11) is 0. The number of halogens is 1. The van der Waals surface area contributed by atoms with Crippen molar-refractivity contribution in [1.82, 2.24) is 4.90 Å². The summed E-state index contributed by atoms with van der Waals surface area (Å²) in [5.41, 5.74) is 2.10. The highest BCUT2D eigenvalue weighted by Gasteiger charge is 2.58. The van der Waals surface area contributed by atoms with Crippen molar-refractivity contribution in [3.63, 3.8) is 0 Å². The fraction of sp³-hybridized carbons (Fsp3) is 0.724. The number of hydrogen-bond acceptors (Lipinski definition) is 3. The van der Waals surface area contributed by atoms with Crippen molar-refractivity contribution in [3.05, 3.63) is 35.1 Å². The Morgan fingerprint density at radius 3 is 2.82 bits per heavy atom. The second-order valence-electron chi connectivity index (χ2n) is 12.2. The van der Waals surface area contributed by atoms with Gasteiger partial charge in [-0.25, -0.2) is 4.39 Å². The Hall–Kier alpha value is -1.75. The standard InChI is InChI=1S/C29H38FNO3/c1-28-10-9-21-20-3-2-4-24(30)22(20)6-7-23(21)27(28)19(17-25(28)32)5-8-26(33)31-14-11-29(18-31)12-15-34-16-13-29/h2-4,19,21,23,27H,5-18H2,1H3/t19-,21?,23?,27?,28-/m1/s1. The normalized spacial score (nSPS) is 36.3. The molecule has 5 aliphatic rings. The van der Waals surface area contributed by atoms with Gasteiger partial charge in [-0.3, -0.25) is 9.59 Å². The van der Waals surface area contributed by atoms with Gasteiger partial charge in [0, 0.05) is 44.6 Å². The molecule has 34 heavy (non-hydrogen) atoms. The zero-order chi connectivity index (χ0) is 23.5. The number of benzene rings is 1. The Morgan fingerprint density at radius 2 is 2.00 bits per heavy atom. The number of nitrogens with zero attached hydrogens (tertiary/aromatic N) is 1. The maximum Gasteiger partial charge on any atom is 0.222 e. The summed E-state index contributed by atoms with van der Waals surface area (Å²) in [5.74, 6) is 1.99. The average molecular weight is 468 g/mol. The third kappa shape index (κ3) is 3.56. The number of amides is 1. The van der Waals surface area contributed by atoms with E-state index in [4.69, 9.17) is 4.74 Å². The van der Waals surface area contributed by atoms with Crippen molar-refractivity contribution in [2.75, 3.05) is 26.3 Å². The molecule has 2 aliphatic heterocycles. The number of ether oxygens (including phenoxy) is 1. The molecule has 0 radical (unpaired) electrons. The van der Waals surface area contributed by atoms with E-state index in [0.29, 0.717) is 36.4 Å². The number of ketones is 1. The van der Waals surface area contributed by atoms with Crippen LogP contribution in [0.2, 0.25) is 0 Å². The number of carbonyl (C=O) groups excluding carboxylic acids is 2. The predicted molar refractivity (Wildman–Crippen MR) is 128 cm³/mol. The maximum absolute atomic E-state index is 14.5. The summed E-state index contributed by atoms with van der Waals surface area (Å²) in [4.78, 5) is 28.5. The molecule has 1 aromatic rings. The lowest BCUT2D eigenvalue weighted by atomic mass is 9.54. The van der Waals surface area contributed by atoms with Crippen LogP contribution in [0.1, 0.15) is 81.8 Å². The van der Waals surface area contributed by atoms with Crippen LogP contribution in [0.4, 0.5) is 4.39 Å². The minimum absolute atomic E-state index is 0.0677. The number of Topliss-reactive ketones (excluding diaryl/α,β-unsaturated/α-hetero) is 1. The number of rotatable bonds is 3. The number of hydrogen-bond donors (Lipinski definition) is 0. The van der Waals surface area contributed by atoms with E-state index in [1.807, 2.05) is 6.07 Å². The molecular weight excluding hydrogens is 429 g/mol. The number of carbonyl (C=O) groups is 2. The minimum atomic E-state index is -0.264. The van der Waals surface area contributed by atoms with Crippen LogP contribution in [0.15, 0.2) is 18.2 Å². The Kier molecular flexibility index (Phi) is 5.63. The highest BCUT2D eigenvalue weighted by Crippen LogP contribution is 2.62. The van der Waals surface area contributed by atoms with Gasteiger partial charge < -0.3 is 9.64 Å². The lowest BCUT2D eigenvalue weighted by Crippen LogP contribution is -2.44. The zero-order valence-electron chi connectivity index (χ0n) is 20.5. The highest BCUT2D eigenvalue weighted by molar-refractivity contribution is 5.88. The lowest BCUT2D eigenvalue weighted by molar-refractivity contribution is -0.131. The molecule has 5 heteroatoms. The maximum atomic E-state index is 14.5. The van der Waals surface area contributed by atoms with Gasteiger partial charge in [0.2, 0.25) is 5.91 Å². The molecule has 2 heterocycles. The van der Waals surface area contributed by atoms with E-state index in [1.54, 1.807) is 6.07 Å². The van der Waals surface area contributed by atoms with E-state index in [1.165, 1.54) is 5.56 Å². The Balaban J connectivity index is 1.16. The summed E-state index contributed by atoms with van der Waals surface area (Å²) < 4.78 is 20.1. The van der Waals surface area contributed by atoms with Gasteiger partial charge >= 0.3 is 0 Å². The molecule has 0 aromatic heterocycles. The fourth-order valence-corrected chi connectivity index (χ4v) is 8.73. The third-order valence-corrected chi connectivity index (χ3v) is 10.6. The molecular formula is C29H38FNO3. The predicted octanol–water partition coefficient (Wildman–Crippen LogP) is 5.29. The molecule has 1 amide bonds. The molecule has 4 fully saturated rings. The smallest absolute Gasteiger partial charge is 0.222 e. The molecule has 184 valence electrons. The van der Waals surface area contributed by atoms with Gasteiger partial charge in [0.1, 0.15) is 11.6 Å². The summed E-state index contributed by atoms with van der Waals surface area (Å²) in [6, 6.07) is 5.55. The Labute approximate surface area is 202 Å². The Morgan fingerprint density at radius 1 is 1.18 bits per heavy atom. The van der Waals surface area contributed by atoms with Crippen LogP contribution in [0, 0.1) is 34.4 Å². The van der Waals surface area contributed by atoms with Crippen molar-refractivity contribution in [2.45, 2.75) is 77.0 Å². The van der Waals surface area contributed by atoms with E-state index in [0.717, 1.165) is 83.2 Å². The number of fused-ring (bicyclic) bond motifs is 5. The van der Waals surface area contributed by atoms with Gasteiger partial charge in [0.15, 0.2) is 0 Å². The topological polar surface area (TPSA) is 46.6 Å². The van der Waals surface area contributed by atoms with Crippen molar-refractivity contribution in [2.24, 2.45) is 28.6 Å². The molecule has 6 rings (SSSR count). The quantitative estimate of drug-likeness (QED) is 0.607. The van der Waals surface area contributed by atoms with Gasteiger partial charge in [0.25, 0.3) is 0 Å². The molecule has 1 aromatic carbocycles. The van der Waals surface area contributed by atoms with E-state index in [-0.39, 0.29) is 28.5 Å². The van der Waals surface area contributed by atoms with Crippen molar-refractivity contribution in [1.29, 1.82) is 0 Å². The van der Waals surface area contributed by atoms with Gasteiger partial charge in [-0.15, -0.1) is 0 Å². The first-order valence-electron chi connectivity index (χ1n) is 13.6. The van der Waals surface area contributed by atoms with Crippen molar-refractivity contribution in [3.8, 4) is 0 Å². The largest absolute Gasteiger partial charge is 0.381 e. The molecule has 3 aliphatic carbocycles.